The summed E-state index contributed by atoms with van der Waals surface area (Å²) >= 11 is 0. The summed E-state index contributed by atoms with van der Waals surface area (Å²) in [5.41, 5.74) is 0.816. The van der Waals surface area contributed by atoms with E-state index in [2.05, 4.69) is 10.1 Å². The molecule has 0 bridgehead atoms. The van der Waals surface area contributed by atoms with Gasteiger partial charge in [0.25, 0.3) is 0 Å². The van der Waals surface area contributed by atoms with Gasteiger partial charge in [0.1, 0.15) is 5.75 Å². The normalized spacial score (nSPS) is 10.9. The molecule has 7 heteroatoms. The molecule has 1 aromatic carbocycles. The maximum absolute atomic E-state index is 10.8. The maximum Gasteiger partial charge on any atom is 0.317 e. The summed E-state index contributed by atoms with van der Waals surface area (Å²) in [6.45, 7) is 2.93. The molecule has 7 nitrogen and oxygen atoms in total. The van der Waals surface area contributed by atoms with E-state index in [1.54, 1.807) is 12.0 Å². The van der Waals surface area contributed by atoms with Crippen LogP contribution in [0.1, 0.15) is 19.2 Å². The number of carboxylic acid groups (broad SMARTS) is 1. The SMILES string of the molecule is CCCN(CC(=O)O)Cc1nc(-c2ccc(OC)cc2)no1. The third-order valence-corrected chi connectivity index (χ3v) is 3.07. The van der Waals surface area contributed by atoms with Crippen molar-refractivity contribution >= 4 is 5.97 Å². The fourth-order valence-electron chi connectivity index (χ4n) is 2.09. The number of benzene rings is 1. The Morgan fingerprint density at radius 3 is 2.68 bits per heavy atom. The summed E-state index contributed by atoms with van der Waals surface area (Å²) in [5.74, 6) is 0.760. The molecule has 0 unspecified atom stereocenters. The van der Waals surface area contributed by atoms with Gasteiger partial charge in [-0.15, -0.1) is 0 Å². The van der Waals surface area contributed by atoms with E-state index in [4.69, 9.17) is 14.4 Å². The van der Waals surface area contributed by atoms with Gasteiger partial charge in [0.2, 0.25) is 11.7 Å². The first-order chi connectivity index (χ1) is 10.6. The zero-order chi connectivity index (χ0) is 15.9. The summed E-state index contributed by atoms with van der Waals surface area (Å²) in [5, 5.41) is 12.8. The molecule has 1 N–H and O–H groups in total. The molecule has 0 saturated carbocycles. The molecular weight excluding hydrogens is 286 g/mol. The van der Waals surface area contributed by atoms with Crippen molar-refractivity contribution in [3.63, 3.8) is 0 Å². The van der Waals surface area contributed by atoms with E-state index < -0.39 is 5.97 Å². The number of nitrogens with zero attached hydrogens (tertiary/aromatic N) is 3. The van der Waals surface area contributed by atoms with Crippen LogP contribution in [0.25, 0.3) is 11.4 Å². The van der Waals surface area contributed by atoms with Crippen LogP contribution >= 0.6 is 0 Å². The van der Waals surface area contributed by atoms with Crippen LogP contribution in [-0.2, 0) is 11.3 Å². The third kappa shape index (κ3) is 4.29. The lowest BCUT2D eigenvalue weighted by molar-refractivity contribution is -0.138. The van der Waals surface area contributed by atoms with Crippen LogP contribution in [-0.4, -0.2) is 46.3 Å². The molecule has 0 amide bonds. The molecule has 1 aromatic heterocycles. The van der Waals surface area contributed by atoms with E-state index in [9.17, 15) is 4.79 Å². The molecule has 0 saturated heterocycles. The van der Waals surface area contributed by atoms with Crippen molar-refractivity contribution in [2.24, 2.45) is 0 Å². The maximum atomic E-state index is 10.8. The van der Waals surface area contributed by atoms with Gasteiger partial charge in [-0.3, -0.25) is 9.69 Å². The number of hydrogen-bond acceptors (Lipinski definition) is 6. The molecule has 0 spiro atoms. The van der Waals surface area contributed by atoms with Crippen LogP contribution in [0.2, 0.25) is 0 Å². The van der Waals surface area contributed by atoms with Gasteiger partial charge >= 0.3 is 5.97 Å². The third-order valence-electron chi connectivity index (χ3n) is 3.07. The highest BCUT2D eigenvalue weighted by molar-refractivity contribution is 5.69. The zero-order valence-electron chi connectivity index (χ0n) is 12.7. The van der Waals surface area contributed by atoms with E-state index in [1.165, 1.54) is 0 Å². The van der Waals surface area contributed by atoms with Crippen molar-refractivity contribution in [2.45, 2.75) is 19.9 Å². The Labute approximate surface area is 128 Å². The molecule has 0 fully saturated rings. The van der Waals surface area contributed by atoms with Crippen molar-refractivity contribution in [3.8, 4) is 17.1 Å². The number of carbonyl (C=O) groups is 1. The van der Waals surface area contributed by atoms with Gasteiger partial charge in [0, 0.05) is 5.56 Å². The fourth-order valence-corrected chi connectivity index (χ4v) is 2.09. The molecule has 2 rings (SSSR count). The summed E-state index contributed by atoms with van der Waals surface area (Å²) < 4.78 is 10.3. The van der Waals surface area contributed by atoms with Gasteiger partial charge in [0.05, 0.1) is 20.2 Å². The first-order valence-corrected chi connectivity index (χ1v) is 7.03. The van der Waals surface area contributed by atoms with Crippen LogP contribution < -0.4 is 4.74 Å². The van der Waals surface area contributed by atoms with E-state index in [1.807, 2.05) is 31.2 Å². The minimum absolute atomic E-state index is 0.0475. The molecule has 1 heterocycles. The lowest BCUT2D eigenvalue weighted by Crippen LogP contribution is -2.30. The number of rotatable bonds is 8. The van der Waals surface area contributed by atoms with E-state index >= 15 is 0 Å². The molecule has 118 valence electrons. The smallest absolute Gasteiger partial charge is 0.317 e. The van der Waals surface area contributed by atoms with Crippen molar-refractivity contribution in [1.82, 2.24) is 15.0 Å². The second-order valence-electron chi connectivity index (χ2n) is 4.84. The topological polar surface area (TPSA) is 88.7 Å². The van der Waals surface area contributed by atoms with E-state index in [0.717, 1.165) is 17.7 Å². The van der Waals surface area contributed by atoms with Gasteiger partial charge in [-0.25, -0.2) is 0 Å². The van der Waals surface area contributed by atoms with Gasteiger partial charge in [-0.1, -0.05) is 12.1 Å². The summed E-state index contributed by atoms with van der Waals surface area (Å²) in [7, 11) is 1.60. The quantitative estimate of drug-likeness (QED) is 0.798. The Hall–Kier alpha value is -2.41. The Bertz CT molecular complexity index is 610. The first-order valence-electron chi connectivity index (χ1n) is 7.03. The van der Waals surface area contributed by atoms with Gasteiger partial charge in [-0.2, -0.15) is 4.98 Å². The second-order valence-corrected chi connectivity index (χ2v) is 4.84. The Balaban J connectivity index is 2.07. The van der Waals surface area contributed by atoms with Crippen LogP contribution in [0.3, 0.4) is 0 Å². The second kappa shape index (κ2) is 7.56. The predicted octanol–water partition coefficient (Wildman–Crippen LogP) is 2.04. The van der Waals surface area contributed by atoms with Crippen molar-refractivity contribution in [3.05, 3.63) is 30.2 Å². The number of hydrogen-bond donors (Lipinski definition) is 1. The molecule has 0 aliphatic carbocycles. The van der Waals surface area contributed by atoms with Crippen molar-refractivity contribution in [2.75, 3.05) is 20.2 Å². The number of ether oxygens (including phenoxy) is 1. The predicted molar refractivity (Wildman–Crippen MR) is 79.5 cm³/mol. The zero-order valence-corrected chi connectivity index (χ0v) is 12.7. The van der Waals surface area contributed by atoms with Gasteiger partial charge < -0.3 is 14.4 Å². The number of aliphatic carboxylic acids is 1. The minimum atomic E-state index is -0.872. The Morgan fingerprint density at radius 1 is 1.36 bits per heavy atom. The number of aromatic nitrogens is 2. The van der Waals surface area contributed by atoms with Crippen LogP contribution in [0, 0.1) is 0 Å². The summed E-state index contributed by atoms with van der Waals surface area (Å²) in [4.78, 5) is 16.9. The molecule has 22 heavy (non-hydrogen) atoms. The molecule has 2 aromatic rings. The monoisotopic (exact) mass is 305 g/mol. The lowest BCUT2D eigenvalue weighted by Gasteiger charge is -2.16. The van der Waals surface area contributed by atoms with Gasteiger partial charge in [-0.05, 0) is 37.2 Å². The summed E-state index contributed by atoms with van der Waals surface area (Å²) in [6, 6.07) is 7.32. The average Bonchev–Trinajstić information content (AvgIpc) is 2.95. The van der Waals surface area contributed by atoms with Crippen molar-refractivity contribution in [1.29, 1.82) is 0 Å². The molecule has 0 atom stereocenters. The fraction of sp³-hybridized carbons (Fsp3) is 0.400. The largest absolute Gasteiger partial charge is 0.497 e. The number of methoxy groups -OCH3 is 1. The van der Waals surface area contributed by atoms with Crippen LogP contribution in [0.5, 0.6) is 5.75 Å². The Kier molecular flexibility index (Phi) is 5.48. The van der Waals surface area contributed by atoms with Crippen LogP contribution in [0.15, 0.2) is 28.8 Å². The summed E-state index contributed by atoms with van der Waals surface area (Å²) in [6.07, 6.45) is 0.854. The van der Waals surface area contributed by atoms with Crippen molar-refractivity contribution < 1.29 is 19.2 Å². The highest BCUT2D eigenvalue weighted by Gasteiger charge is 2.15. The standard InChI is InChI=1S/C15H19N3O4/c1-3-8-18(10-14(19)20)9-13-16-15(17-22-13)11-4-6-12(21-2)7-5-11/h4-7H,3,8-10H2,1-2H3,(H,19,20). The Morgan fingerprint density at radius 2 is 2.09 bits per heavy atom. The van der Waals surface area contributed by atoms with E-state index in [0.29, 0.717) is 24.8 Å². The molecule has 0 radical (unpaired) electrons. The van der Waals surface area contributed by atoms with Gasteiger partial charge in [0.15, 0.2) is 0 Å². The number of carboxylic acids is 1. The molecule has 0 aliphatic rings. The highest BCUT2D eigenvalue weighted by atomic mass is 16.5. The first kappa shape index (κ1) is 16.0. The van der Waals surface area contributed by atoms with E-state index in [-0.39, 0.29) is 6.54 Å². The molecular formula is C15H19N3O4. The average molecular weight is 305 g/mol. The molecule has 0 aliphatic heterocycles. The van der Waals surface area contributed by atoms with Crippen LogP contribution in [0.4, 0.5) is 0 Å². The highest BCUT2D eigenvalue weighted by Crippen LogP contribution is 2.20. The minimum Gasteiger partial charge on any atom is -0.497 e. The lowest BCUT2D eigenvalue weighted by atomic mass is 10.2.